The molecule has 4 rings (SSSR count). The molecule has 0 saturated carbocycles. The number of hydrogen-bond acceptors (Lipinski definition) is 5. The predicted molar refractivity (Wildman–Crippen MR) is 127 cm³/mol. The second-order valence-corrected chi connectivity index (χ2v) is 9.37. The van der Waals surface area contributed by atoms with Gasteiger partial charge in [0.05, 0.1) is 12.7 Å². The molecule has 0 bridgehead atoms. The SMILES string of the molecule is CCN(CC(=O)Nc1cccc(OC)c1)C(=O)c1c(-n2cccc2)sc2c1CCSC2. The molecule has 2 aromatic heterocycles. The average Bonchev–Trinajstić information content (AvgIpc) is 3.44. The van der Waals surface area contributed by atoms with Crippen molar-refractivity contribution >= 4 is 40.6 Å². The minimum Gasteiger partial charge on any atom is -0.497 e. The molecule has 6 nitrogen and oxygen atoms in total. The molecule has 0 unspecified atom stereocenters. The number of ether oxygens (including phenoxy) is 1. The van der Waals surface area contributed by atoms with Crippen LogP contribution in [-0.4, -0.2) is 47.2 Å². The van der Waals surface area contributed by atoms with Crippen LogP contribution in [0.4, 0.5) is 5.69 Å². The maximum Gasteiger partial charge on any atom is 0.257 e. The van der Waals surface area contributed by atoms with Gasteiger partial charge in [-0.25, -0.2) is 0 Å². The zero-order valence-corrected chi connectivity index (χ0v) is 19.2. The Morgan fingerprint density at radius 1 is 1.23 bits per heavy atom. The number of carbonyl (C=O) groups is 2. The van der Waals surface area contributed by atoms with E-state index in [-0.39, 0.29) is 18.4 Å². The summed E-state index contributed by atoms with van der Waals surface area (Å²) in [6.45, 7) is 2.35. The van der Waals surface area contributed by atoms with Gasteiger partial charge in [-0.05, 0) is 48.9 Å². The number of amides is 2. The van der Waals surface area contributed by atoms with Crippen molar-refractivity contribution in [2.75, 3.05) is 31.3 Å². The van der Waals surface area contributed by atoms with E-state index in [9.17, 15) is 9.59 Å². The number of nitrogens with zero attached hydrogens (tertiary/aromatic N) is 2. The lowest BCUT2D eigenvalue weighted by Gasteiger charge is -2.22. The second-order valence-electron chi connectivity index (χ2n) is 7.18. The van der Waals surface area contributed by atoms with Crippen LogP contribution in [0.5, 0.6) is 5.75 Å². The van der Waals surface area contributed by atoms with Crippen molar-refractivity contribution in [2.45, 2.75) is 19.1 Å². The first-order valence-electron chi connectivity index (χ1n) is 10.2. The molecule has 3 aromatic rings. The predicted octanol–water partition coefficient (Wildman–Crippen LogP) is 4.44. The van der Waals surface area contributed by atoms with Crippen molar-refractivity contribution < 1.29 is 14.3 Å². The summed E-state index contributed by atoms with van der Waals surface area (Å²) in [5.74, 6) is 2.30. The first kappa shape index (κ1) is 21.5. The fraction of sp³-hybridized carbons (Fsp3) is 0.304. The van der Waals surface area contributed by atoms with Crippen LogP contribution >= 0.6 is 23.1 Å². The van der Waals surface area contributed by atoms with Gasteiger partial charge in [0.2, 0.25) is 5.91 Å². The maximum atomic E-state index is 13.6. The first-order valence-corrected chi connectivity index (χ1v) is 12.2. The zero-order valence-electron chi connectivity index (χ0n) is 17.6. The van der Waals surface area contributed by atoms with Gasteiger partial charge < -0.3 is 19.5 Å². The van der Waals surface area contributed by atoms with Gasteiger partial charge in [0.25, 0.3) is 5.91 Å². The van der Waals surface area contributed by atoms with Crippen LogP contribution in [0.2, 0.25) is 0 Å². The lowest BCUT2D eigenvalue weighted by Crippen LogP contribution is -2.38. The normalized spacial score (nSPS) is 12.8. The number of fused-ring (bicyclic) bond motifs is 1. The van der Waals surface area contributed by atoms with Crippen molar-refractivity contribution in [3.8, 4) is 10.8 Å². The number of carbonyl (C=O) groups excluding carboxylic acids is 2. The molecule has 0 spiro atoms. The molecule has 3 heterocycles. The van der Waals surface area contributed by atoms with Gasteiger partial charge in [-0.3, -0.25) is 9.59 Å². The van der Waals surface area contributed by atoms with Crippen LogP contribution in [0.25, 0.3) is 5.00 Å². The number of nitrogens with one attached hydrogen (secondary N) is 1. The number of rotatable bonds is 7. The van der Waals surface area contributed by atoms with E-state index in [4.69, 9.17) is 4.74 Å². The van der Waals surface area contributed by atoms with E-state index in [0.717, 1.165) is 34.1 Å². The molecule has 1 aromatic carbocycles. The molecule has 162 valence electrons. The standard InChI is InChI=1S/C23H25N3O3S2/c1-3-25(14-20(27)24-16-7-6-8-17(13-16)29-2)22(28)21-18-9-12-30-15-19(18)31-23(21)26-10-4-5-11-26/h4-8,10-11,13H,3,9,12,14-15H2,1-2H3,(H,24,27). The Labute approximate surface area is 190 Å². The van der Waals surface area contributed by atoms with E-state index in [0.29, 0.717) is 18.0 Å². The Kier molecular flexibility index (Phi) is 6.67. The molecule has 1 aliphatic rings. The third kappa shape index (κ3) is 4.65. The van der Waals surface area contributed by atoms with Gasteiger partial charge in [-0.2, -0.15) is 11.8 Å². The van der Waals surface area contributed by atoms with Crippen molar-refractivity contribution in [3.63, 3.8) is 0 Å². The van der Waals surface area contributed by atoms with Gasteiger partial charge in [0.1, 0.15) is 17.3 Å². The maximum absolute atomic E-state index is 13.6. The molecule has 0 aliphatic carbocycles. The summed E-state index contributed by atoms with van der Waals surface area (Å²) in [6.07, 6.45) is 4.81. The summed E-state index contributed by atoms with van der Waals surface area (Å²) in [5, 5.41) is 3.81. The highest BCUT2D eigenvalue weighted by Crippen LogP contribution is 2.39. The molecule has 0 atom stereocenters. The van der Waals surface area contributed by atoms with Crippen molar-refractivity contribution in [2.24, 2.45) is 0 Å². The molecule has 8 heteroatoms. The van der Waals surface area contributed by atoms with E-state index < -0.39 is 0 Å². The summed E-state index contributed by atoms with van der Waals surface area (Å²) in [4.78, 5) is 29.2. The van der Waals surface area contributed by atoms with E-state index in [1.165, 1.54) is 4.88 Å². The molecular weight excluding hydrogens is 430 g/mol. The molecule has 0 fully saturated rings. The van der Waals surface area contributed by atoms with Gasteiger partial charge in [0.15, 0.2) is 0 Å². The van der Waals surface area contributed by atoms with E-state index in [1.54, 1.807) is 35.5 Å². The lowest BCUT2D eigenvalue weighted by molar-refractivity contribution is -0.116. The summed E-state index contributed by atoms with van der Waals surface area (Å²) < 4.78 is 7.21. The van der Waals surface area contributed by atoms with Crippen LogP contribution in [0, 0.1) is 0 Å². The van der Waals surface area contributed by atoms with Crippen molar-refractivity contribution in [1.29, 1.82) is 0 Å². The molecule has 0 saturated heterocycles. The van der Waals surface area contributed by atoms with Gasteiger partial charge in [-0.1, -0.05) is 6.07 Å². The first-order chi connectivity index (χ1) is 15.1. The van der Waals surface area contributed by atoms with E-state index >= 15 is 0 Å². The summed E-state index contributed by atoms with van der Waals surface area (Å²) in [6, 6.07) is 11.1. The number of benzene rings is 1. The molecular formula is C23H25N3O3S2. The smallest absolute Gasteiger partial charge is 0.257 e. The third-order valence-corrected chi connectivity index (χ3v) is 7.63. The number of anilines is 1. The minimum atomic E-state index is -0.231. The molecule has 31 heavy (non-hydrogen) atoms. The highest BCUT2D eigenvalue weighted by Gasteiger charge is 2.29. The quantitative estimate of drug-likeness (QED) is 0.572. The number of methoxy groups -OCH3 is 1. The van der Waals surface area contributed by atoms with E-state index in [1.807, 2.05) is 59.9 Å². The number of hydrogen-bond donors (Lipinski definition) is 1. The second kappa shape index (κ2) is 9.62. The monoisotopic (exact) mass is 455 g/mol. The highest BCUT2D eigenvalue weighted by atomic mass is 32.2. The van der Waals surface area contributed by atoms with Gasteiger partial charge >= 0.3 is 0 Å². The summed E-state index contributed by atoms with van der Waals surface area (Å²) in [5.41, 5.74) is 2.53. The summed E-state index contributed by atoms with van der Waals surface area (Å²) >= 11 is 3.58. The van der Waals surface area contributed by atoms with Crippen LogP contribution in [-0.2, 0) is 17.0 Å². The Balaban J connectivity index is 1.57. The minimum absolute atomic E-state index is 0.00294. The fourth-order valence-corrected chi connectivity index (χ4v) is 6.09. The third-order valence-electron chi connectivity index (χ3n) is 5.21. The van der Waals surface area contributed by atoms with Gasteiger partial charge in [-0.15, -0.1) is 11.3 Å². The molecule has 1 aliphatic heterocycles. The fourth-order valence-electron chi connectivity index (χ4n) is 3.65. The number of thioether (sulfide) groups is 1. The van der Waals surface area contributed by atoms with Crippen LogP contribution in [0.3, 0.4) is 0 Å². The van der Waals surface area contributed by atoms with E-state index in [2.05, 4.69) is 5.32 Å². The molecule has 0 radical (unpaired) electrons. The Morgan fingerprint density at radius 3 is 2.77 bits per heavy atom. The highest BCUT2D eigenvalue weighted by molar-refractivity contribution is 7.98. The Hall–Kier alpha value is -2.71. The number of aromatic nitrogens is 1. The number of thiophene rings is 1. The van der Waals surface area contributed by atoms with Gasteiger partial charge in [0, 0.05) is 41.3 Å². The van der Waals surface area contributed by atoms with Crippen LogP contribution in [0.15, 0.2) is 48.8 Å². The lowest BCUT2D eigenvalue weighted by atomic mass is 10.1. The van der Waals surface area contributed by atoms with Crippen LogP contribution in [0.1, 0.15) is 27.7 Å². The summed E-state index contributed by atoms with van der Waals surface area (Å²) in [7, 11) is 1.58. The zero-order chi connectivity index (χ0) is 21.8. The average molecular weight is 456 g/mol. The number of likely N-dealkylation sites (N-methyl/N-ethyl adjacent to an activating group) is 1. The van der Waals surface area contributed by atoms with Crippen molar-refractivity contribution in [1.82, 2.24) is 9.47 Å². The van der Waals surface area contributed by atoms with Crippen molar-refractivity contribution in [3.05, 3.63) is 64.8 Å². The Bertz CT molecular complexity index is 1080. The molecule has 2 amide bonds. The van der Waals surface area contributed by atoms with Crippen LogP contribution < -0.4 is 10.1 Å². The topological polar surface area (TPSA) is 63.6 Å². The largest absolute Gasteiger partial charge is 0.497 e. The molecule has 1 N–H and O–H groups in total. The Morgan fingerprint density at radius 2 is 2.03 bits per heavy atom.